The zero-order chi connectivity index (χ0) is 14.8. The Morgan fingerprint density at radius 1 is 1.29 bits per heavy atom. The van der Waals surface area contributed by atoms with Crippen molar-refractivity contribution in [2.45, 2.75) is 71.9 Å². The summed E-state index contributed by atoms with van der Waals surface area (Å²) in [6.45, 7) is 8.29. The van der Waals surface area contributed by atoms with E-state index in [2.05, 4.69) is 31.4 Å². The smallest absolute Gasteiger partial charge is 0.0318 e. The first kappa shape index (κ1) is 13.9. The van der Waals surface area contributed by atoms with Crippen LogP contribution in [-0.2, 0) is 13.0 Å². The van der Waals surface area contributed by atoms with Gasteiger partial charge in [-0.15, -0.1) is 0 Å². The van der Waals surface area contributed by atoms with Crippen LogP contribution in [0.25, 0.3) is 0 Å². The van der Waals surface area contributed by atoms with Gasteiger partial charge in [-0.05, 0) is 73.8 Å². The van der Waals surface area contributed by atoms with Gasteiger partial charge in [0, 0.05) is 24.0 Å². The monoisotopic (exact) mass is 286 g/mol. The summed E-state index contributed by atoms with van der Waals surface area (Å²) in [6, 6.07) is 2.62. The summed E-state index contributed by atoms with van der Waals surface area (Å²) in [5, 5.41) is 0. The molecule has 4 atom stereocenters. The first-order valence-corrected chi connectivity index (χ1v) is 8.87. The van der Waals surface area contributed by atoms with E-state index in [9.17, 15) is 0 Å². The zero-order valence-corrected chi connectivity index (χ0v) is 13.9. The fourth-order valence-electron chi connectivity index (χ4n) is 5.59. The van der Waals surface area contributed by atoms with Crippen molar-refractivity contribution >= 4 is 0 Å². The summed E-state index contributed by atoms with van der Waals surface area (Å²) >= 11 is 0. The minimum absolute atomic E-state index is 0.240. The first-order valence-electron chi connectivity index (χ1n) is 8.87. The van der Waals surface area contributed by atoms with Gasteiger partial charge in [0.25, 0.3) is 0 Å². The van der Waals surface area contributed by atoms with Crippen molar-refractivity contribution in [3.05, 3.63) is 23.0 Å². The van der Waals surface area contributed by atoms with Gasteiger partial charge in [0.05, 0.1) is 0 Å². The van der Waals surface area contributed by atoms with Crippen LogP contribution in [0.2, 0.25) is 0 Å². The van der Waals surface area contributed by atoms with E-state index < -0.39 is 0 Å². The summed E-state index contributed by atoms with van der Waals surface area (Å²) < 4.78 is 2.64. The molecule has 21 heavy (non-hydrogen) atoms. The molecule has 116 valence electrons. The number of aromatic nitrogens is 1. The zero-order valence-electron chi connectivity index (χ0n) is 13.9. The Bertz CT molecular complexity index is 554. The van der Waals surface area contributed by atoms with Crippen LogP contribution in [0.5, 0.6) is 0 Å². The summed E-state index contributed by atoms with van der Waals surface area (Å²) in [5.74, 6) is 2.99. The van der Waals surface area contributed by atoms with Gasteiger partial charge in [0.1, 0.15) is 0 Å². The molecule has 1 aromatic heterocycles. The molecule has 0 spiro atoms. The molecule has 3 aliphatic rings. The first-order chi connectivity index (χ1) is 9.93. The molecule has 0 saturated heterocycles. The predicted molar refractivity (Wildman–Crippen MR) is 87.1 cm³/mol. The molecule has 2 fully saturated rings. The topological polar surface area (TPSA) is 30.9 Å². The SMILES string of the molecule is Cc1cc2c(n1CC1CC3CCC1C3)CC(C)(C)CC2N. The number of hydrogen-bond donors (Lipinski definition) is 1. The molecule has 1 aromatic rings. The standard InChI is InChI=1S/C19H30N2/c1-12-6-16-17(20)9-19(2,3)10-18(16)21(12)11-15-8-13-4-5-14(15)7-13/h6,13-15,17H,4-5,7-11,20H2,1-3H3. The number of aryl methyl sites for hydroxylation is 1. The van der Waals surface area contributed by atoms with Crippen molar-refractivity contribution < 1.29 is 0 Å². The van der Waals surface area contributed by atoms with Gasteiger partial charge in [0.2, 0.25) is 0 Å². The van der Waals surface area contributed by atoms with Crippen LogP contribution in [0.15, 0.2) is 6.07 Å². The van der Waals surface area contributed by atoms with E-state index in [1.165, 1.54) is 49.9 Å². The molecule has 0 aromatic carbocycles. The van der Waals surface area contributed by atoms with E-state index in [0.717, 1.165) is 24.2 Å². The number of fused-ring (bicyclic) bond motifs is 3. The third-order valence-electron chi connectivity index (χ3n) is 6.57. The second-order valence-electron chi connectivity index (χ2n) is 8.88. The fourth-order valence-corrected chi connectivity index (χ4v) is 5.59. The Balaban J connectivity index is 1.64. The van der Waals surface area contributed by atoms with Gasteiger partial charge in [0.15, 0.2) is 0 Å². The van der Waals surface area contributed by atoms with Crippen molar-refractivity contribution in [3.63, 3.8) is 0 Å². The van der Waals surface area contributed by atoms with E-state index in [1.54, 1.807) is 5.69 Å². The Labute approximate surface area is 129 Å². The molecule has 0 aliphatic heterocycles. The summed E-state index contributed by atoms with van der Waals surface area (Å²) in [4.78, 5) is 0. The van der Waals surface area contributed by atoms with Crippen LogP contribution in [-0.4, -0.2) is 4.57 Å². The normalized spacial score (nSPS) is 37.0. The number of hydrogen-bond acceptors (Lipinski definition) is 1. The highest BCUT2D eigenvalue weighted by molar-refractivity contribution is 5.34. The molecule has 0 amide bonds. The van der Waals surface area contributed by atoms with Gasteiger partial charge in [-0.25, -0.2) is 0 Å². The minimum atomic E-state index is 0.240. The molecular formula is C19H30N2. The maximum Gasteiger partial charge on any atom is 0.0318 e. The van der Waals surface area contributed by atoms with Crippen LogP contribution in [0.1, 0.15) is 68.9 Å². The summed E-state index contributed by atoms with van der Waals surface area (Å²) in [7, 11) is 0. The quantitative estimate of drug-likeness (QED) is 0.867. The predicted octanol–water partition coefficient (Wildman–Crippen LogP) is 4.20. The highest BCUT2D eigenvalue weighted by atomic mass is 15.0. The minimum Gasteiger partial charge on any atom is -0.348 e. The van der Waals surface area contributed by atoms with Crippen molar-refractivity contribution in [3.8, 4) is 0 Å². The van der Waals surface area contributed by atoms with E-state index >= 15 is 0 Å². The highest BCUT2D eigenvalue weighted by Crippen LogP contribution is 2.49. The second kappa shape index (κ2) is 4.62. The van der Waals surface area contributed by atoms with Gasteiger partial charge in [-0.1, -0.05) is 20.3 Å². The molecule has 2 nitrogen and oxygen atoms in total. The van der Waals surface area contributed by atoms with E-state index in [4.69, 9.17) is 5.73 Å². The van der Waals surface area contributed by atoms with Crippen LogP contribution < -0.4 is 5.73 Å². The van der Waals surface area contributed by atoms with E-state index in [0.29, 0.717) is 5.41 Å². The Morgan fingerprint density at radius 2 is 2.10 bits per heavy atom. The molecule has 2 bridgehead atoms. The molecule has 0 radical (unpaired) electrons. The number of nitrogens with two attached hydrogens (primary N) is 1. The van der Waals surface area contributed by atoms with Crippen molar-refractivity contribution in [1.29, 1.82) is 0 Å². The molecule has 2 N–H and O–H groups in total. The maximum atomic E-state index is 6.46. The maximum absolute atomic E-state index is 6.46. The van der Waals surface area contributed by atoms with Gasteiger partial charge >= 0.3 is 0 Å². The molecule has 4 unspecified atom stereocenters. The second-order valence-corrected chi connectivity index (χ2v) is 8.88. The molecule has 1 heterocycles. The summed E-state index contributed by atoms with van der Waals surface area (Å²) in [6.07, 6.45) is 8.30. The summed E-state index contributed by atoms with van der Waals surface area (Å²) in [5.41, 5.74) is 11.2. The molecule has 3 aliphatic carbocycles. The van der Waals surface area contributed by atoms with Gasteiger partial charge in [-0.3, -0.25) is 0 Å². The Hall–Kier alpha value is -0.760. The molecule has 4 rings (SSSR count). The van der Waals surface area contributed by atoms with Crippen LogP contribution in [0.4, 0.5) is 0 Å². The van der Waals surface area contributed by atoms with Gasteiger partial charge in [-0.2, -0.15) is 0 Å². The lowest BCUT2D eigenvalue weighted by Crippen LogP contribution is -2.31. The average Bonchev–Trinajstić information content (AvgIpc) is 3.06. The van der Waals surface area contributed by atoms with E-state index in [-0.39, 0.29) is 6.04 Å². The fraction of sp³-hybridized carbons (Fsp3) is 0.789. The third kappa shape index (κ3) is 2.27. The highest BCUT2D eigenvalue weighted by Gasteiger charge is 2.40. The van der Waals surface area contributed by atoms with Crippen LogP contribution >= 0.6 is 0 Å². The van der Waals surface area contributed by atoms with Crippen molar-refractivity contribution in [2.24, 2.45) is 28.9 Å². The van der Waals surface area contributed by atoms with Crippen molar-refractivity contribution in [2.75, 3.05) is 0 Å². The lowest BCUT2D eigenvalue weighted by atomic mass is 9.74. The van der Waals surface area contributed by atoms with E-state index in [1.807, 2.05) is 0 Å². The largest absolute Gasteiger partial charge is 0.348 e. The Kier molecular flexibility index (Phi) is 3.05. The van der Waals surface area contributed by atoms with Crippen LogP contribution in [0, 0.1) is 30.1 Å². The number of nitrogens with zero attached hydrogens (tertiary/aromatic N) is 1. The average molecular weight is 286 g/mol. The Morgan fingerprint density at radius 3 is 2.76 bits per heavy atom. The molecular weight excluding hydrogens is 256 g/mol. The molecule has 2 saturated carbocycles. The van der Waals surface area contributed by atoms with Crippen molar-refractivity contribution in [1.82, 2.24) is 4.57 Å². The number of rotatable bonds is 2. The lowest BCUT2D eigenvalue weighted by molar-refractivity contribution is 0.258. The lowest BCUT2D eigenvalue weighted by Gasteiger charge is -2.35. The van der Waals surface area contributed by atoms with Crippen LogP contribution in [0.3, 0.4) is 0 Å². The third-order valence-corrected chi connectivity index (χ3v) is 6.57. The van der Waals surface area contributed by atoms with Gasteiger partial charge < -0.3 is 10.3 Å². The molecule has 2 heteroatoms.